The number of hydrogen-bond acceptors (Lipinski definition) is 3. The summed E-state index contributed by atoms with van der Waals surface area (Å²) in [6, 6.07) is 17.1. The molecule has 1 aliphatic rings. The van der Waals surface area contributed by atoms with Gasteiger partial charge in [0.15, 0.2) is 0 Å². The summed E-state index contributed by atoms with van der Waals surface area (Å²) in [4.78, 5) is 39.6. The van der Waals surface area contributed by atoms with E-state index < -0.39 is 11.9 Å². The summed E-state index contributed by atoms with van der Waals surface area (Å²) in [6.07, 6.45) is 0.661. The van der Waals surface area contributed by atoms with E-state index in [9.17, 15) is 19.5 Å². The summed E-state index contributed by atoms with van der Waals surface area (Å²) >= 11 is 0. The second-order valence-corrected chi connectivity index (χ2v) is 7.04. The van der Waals surface area contributed by atoms with E-state index in [4.69, 9.17) is 0 Å². The Kier molecular flexibility index (Phi) is 6.09. The van der Waals surface area contributed by atoms with Crippen molar-refractivity contribution in [3.8, 4) is 0 Å². The molecule has 0 radical (unpaired) electrons. The molecule has 0 fully saturated rings. The SMILES string of the molecule is CC(=O)N(CCc1ccccc1)CC(=O)N1Cc2ccccc2C(C(=O)O)C1. The van der Waals surface area contributed by atoms with Crippen molar-refractivity contribution in [2.24, 2.45) is 0 Å². The predicted molar refractivity (Wildman–Crippen MR) is 105 cm³/mol. The Morgan fingerprint density at radius 1 is 1.07 bits per heavy atom. The number of carboxylic acids is 1. The van der Waals surface area contributed by atoms with Crippen LogP contribution in [0.4, 0.5) is 0 Å². The zero-order valence-corrected chi connectivity index (χ0v) is 15.9. The van der Waals surface area contributed by atoms with Gasteiger partial charge in [-0.3, -0.25) is 14.4 Å². The number of aliphatic carboxylic acids is 1. The number of rotatable bonds is 6. The van der Waals surface area contributed by atoms with Crippen LogP contribution in [-0.4, -0.2) is 52.3 Å². The molecular weight excluding hydrogens is 356 g/mol. The molecule has 2 aromatic carbocycles. The number of nitrogens with zero attached hydrogens (tertiary/aromatic N) is 2. The van der Waals surface area contributed by atoms with Gasteiger partial charge in [-0.2, -0.15) is 0 Å². The van der Waals surface area contributed by atoms with E-state index >= 15 is 0 Å². The molecule has 0 aromatic heterocycles. The molecule has 6 nitrogen and oxygen atoms in total. The Morgan fingerprint density at radius 2 is 1.75 bits per heavy atom. The van der Waals surface area contributed by atoms with Gasteiger partial charge in [0.2, 0.25) is 11.8 Å². The van der Waals surface area contributed by atoms with E-state index in [0.29, 0.717) is 19.5 Å². The molecule has 1 heterocycles. The lowest BCUT2D eigenvalue weighted by atomic mass is 9.90. The molecule has 0 saturated carbocycles. The van der Waals surface area contributed by atoms with Crippen LogP contribution in [0.25, 0.3) is 0 Å². The fourth-order valence-electron chi connectivity index (χ4n) is 3.53. The summed E-state index contributed by atoms with van der Waals surface area (Å²) < 4.78 is 0. The third kappa shape index (κ3) is 4.57. The Balaban J connectivity index is 1.68. The molecule has 0 saturated heterocycles. The van der Waals surface area contributed by atoms with Gasteiger partial charge in [0.05, 0.1) is 12.5 Å². The quantitative estimate of drug-likeness (QED) is 0.834. The summed E-state index contributed by atoms with van der Waals surface area (Å²) in [5, 5.41) is 9.56. The minimum Gasteiger partial charge on any atom is -0.481 e. The van der Waals surface area contributed by atoms with Gasteiger partial charge in [0.25, 0.3) is 0 Å². The predicted octanol–water partition coefficient (Wildman–Crippen LogP) is 2.29. The van der Waals surface area contributed by atoms with Crippen molar-refractivity contribution < 1.29 is 19.5 Å². The summed E-state index contributed by atoms with van der Waals surface area (Å²) in [7, 11) is 0. The molecule has 2 amide bonds. The van der Waals surface area contributed by atoms with Gasteiger partial charge in [-0.05, 0) is 23.1 Å². The zero-order chi connectivity index (χ0) is 20.1. The van der Waals surface area contributed by atoms with Gasteiger partial charge < -0.3 is 14.9 Å². The molecule has 0 aliphatic carbocycles. The van der Waals surface area contributed by atoms with Gasteiger partial charge in [0, 0.05) is 26.6 Å². The molecule has 2 aromatic rings. The Hall–Kier alpha value is -3.15. The van der Waals surface area contributed by atoms with Gasteiger partial charge in [0.1, 0.15) is 0 Å². The number of fused-ring (bicyclic) bond motifs is 1. The van der Waals surface area contributed by atoms with Crippen molar-refractivity contribution in [2.75, 3.05) is 19.6 Å². The fraction of sp³-hybridized carbons (Fsp3) is 0.318. The van der Waals surface area contributed by atoms with Crippen molar-refractivity contribution >= 4 is 17.8 Å². The van der Waals surface area contributed by atoms with Crippen LogP contribution in [0.1, 0.15) is 29.5 Å². The zero-order valence-electron chi connectivity index (χ0n) is 15.9. The van der Waals surface area contributed by atoms with E-state index in [-0.39, 0.29) is 24.9 Å². The highest BCUT2D eigenvalue weighted by atomic mass is 16.4. The van der Waals surface area contributed by atoms with Crippen LogP contribution in [0.5, 0.6) is 0 Å². The van der Waals surface area contributed by atoms with Crippen LogP contribution in [0.15, 0.2) is 54.6 Å². The number of carbonyl (C=O) groups excluding carboxylic acids is 2. The number of carboxylic acid groups (broad SMARTS) is 1. The maximum absolute atomic E-state index is 12.8. The number of carbonyl (C=O) groups is 3. The lowest BCUT2D eigenvalue weighted by Gasteiger charge is -2.34. The topological polar surface area (TPSA) is 77.9 Å². The monoisotopic (exact) mass is 380 g/mol. The summed E-state index contributed by atoms with van der Waals surface area (Å²) in [5.74, 6) is -2.10. The van der Waals surface area contributed by atoms with Gasteiger partial charge >= 0.3 is 5.97 Å². The molecule has 1 atom stereocenters. The van der Waals surface area contributed by atoms with Gasteiger partial charge in [-0.15, -0.1) is 0 Å². The molecule has 3 rings (SSSR count). The normalized spacial score (nSPS) is 15.6. The number of amides is 2. The number of hydrogen-bond donors (Lipinski definition) is 1. The van der Waals surface area contributed by atoms with Crippen molar-refractivity contribution in [1.82, 2.24) is 9.80 Å². The highest BCUT2D eigenvalue weighted by Gasteiger charge is 2.32. The van der Waals surface area contributed by atoms with Crippen LogP contribution in [0, 0.1) is 0 Å². The Bertz CT molecular complexity index is 866. The first kappa shape index (κ1) is 19.6. The van der Waals surface area contributed by atoms with Crippen molar-refractivity contribution in [2.45, 2.75) is 25.8 Å². The van der Waals surface area contributed by atoms with Crippen molar-refractivity contribution in [1.29, 1.82) is 0 Å². The van der Waals surface area contributed by atoms with Crippen molar-refractivity contribution in [3.63, 3.8) is 0 Å². The average Bonchev–Trinajstić information content (AvgIpc) is 2.70. The second-order valence-electron chi connectivity index (χ2n) is 7.04. The van der Waals surface area contributed by atoms with Crippen LogP contribution in [0.2, 0.25) is 0 Å². The molecule has 6 heteroatoms. The first-order valence-electron chi connectivity index (χ1n) is 9.33. The lowest BCUT2D eigenvalue weighted by molar-refractivity contribution is -0.144. The molecule has 146 valence electrons. The molecule has 28 heavy (non-hydrogen) atoms. The molecule has 1 unspecified atom stereocenters. The molecule has 1 aliphatic heterocycles. The first-order valence-corrected chi connectivity index (χ1v) is 9.33. The maximum Gasteiger partial charge on any atom is 0.312 e. The summed E-state index contributed by atoms with van der Waals surface area (Å²) in [5.41, 5.74) is 2.69. The minimum absolute atomic E-state index is 0.0450. The standard InChI is InChI=1S/C22H24N2O4/c1-16(25)23(12-11-17-7-3-2-4-8-17)15-21(26)24-13-18-9-5-6-10-19(18)20(14-24)22(27)28/h2-10,20H,11-15H2,1H3,(H,27,28). The average molecular weight is 380 g/mol. The van der Waals surface area contributed by atoms with E-state index in [0.717, 1.165) is 16.7 Å². The van der Waals surface area contributed by atoms with Gasteiger partial charge in [-0.1, -0.05) is 54.6 Å². The van der Waals surface area contributed by atoms with E-state index in [1.165, 1.54) is 11.8 Å². The van der Waals surface area contributed by atoms with Crippen LogP contribution < -0.4 is 0 Å². The third-order valence-electron chi connectivity index (χ3n) is 5.13. The fourth-order valence-corrected chi connectivity index (χ4v) is 3.53. The highest BCUT2D eigenvalue weighted by molar-refractivity contribution is 5.85. The third-order valence-corrected chi connectivity index (χ3v) is 5.13. The smallest absolute Gasteiger partial charge is 0.312 e. The van der Waals surface area contributed by atoms with Crippen molar-refractivity contribution in [3.05, 3.63) is 71.3 Å². The van der Waals surface area contributed by atoms with Crippen LogP contribution >= 0.6 is 0 Å². The first-order chi connectivity index (χ1) is 13.5. The molecule has 0 bridgehead atoms. The Morgan fingerprint density at radius 3 is 2.43 bits per heavy atom. The Labute approximate surface area is 164 Å². The van der Waals surface area contributed by atoms with E-state index in [1.807, 2.05) is 48.5 Å². The molecular formula is C22H24N2O4. The van der Waals surface area contributed by atoms with Crippen LogP contribution in [-0.2, 0) is 27.3 Å². The van der Waals surface area contributed by atoms with E-state index in [2.05, 4.69) is 0 Å². The van der Waals surface area contributed by atoms with E-state index in [1.54, 1.807) is 11.0 Å². The van der Waals surface area contributed by atoms with Crippen LogP contribution in [0.3, 0.4) is 0 Å². The molecule has 1 N–H and O–H groups in total. The minimum atomic E-state index is -0.947. The second kappa shape index (κ2) is 8.69. The lowest BCUT2D eigenvalue weighted by Crippen LogP contribution is -2.46. The highest BCUT2D eigenvalue weighted by Crippen LogP contribution is 2.28. The number of benzene rings is 2. The molecule has 0 spiro atoms. The summed E-state index contributed by atoms with van der Waals surface area (Å²) in [6.45, 7) is 2.33. The van der Waals surface area contributed by atoms with Gasteiger partial charge in [-0.25, -0.2) is 0 Å². The maximum atomic E-state index is 12.8. The largest absolute Gasteiger partial charge is 0.481 e.